The Morgan fingerprint density at radius 2 is 2.00 bits per heavy atom. The number of likely N-dealkylation sites (tertiary alicyclic amines) is 2. The lowest BCUT2D eigenvalue weighted by Gasteiger charge is -2.39. The van der Waals surface area contributed by atoms with E-state index in [9.17, 15) is 9.59 Å². The highest BCUT2D eigenvalue weighted by Crippen LogP contribution is 2.52. The summed E-state index contributed by atoms with van der Waals surface area (Å²) >= 11 is 6.32. The van der Waals surface area contributed by atoms with Gasteiger partial charge in [0.15, 0.2) is 0 Å². The molecule has 1 aromatic rings. The van der Waals surface area contributed by atoms with Crippen molar-refractivity contribution >= 4 is 23.4 Å². The number of hydrogen-bond acceptors (Lipinski definition) is 4. The summed E-state index contributed by atoms with van der Waals surface area (Å²) in [7, 11) is 0. The average molecular weight is 458 g/mol. The Balaban J connectivity index is 1.25. The summed E-state index contributed by atoms with van der Waals surface area (Å²) in [5, 5.41) is 3.76. The molecule has 5 rings (SSSR count). The quantitative estimate of drug-likeness (QED) is 0.667. The van der Waals surface area contributed by atoms with Crippen molar-refractivity contribution in [2.45, 2.75) is 63.4 Å². The molecule has 6 atom stereocenters. The van der Waals surface area contributed by atoms with Crippen LogP contribution in [-0.2, 0) is 20.9 Å². The Morgan fingerprint density at radius 3 is 2.75 bits per heavy atom. The number of fused-ring (bicyclic) bond motifs is 1. The number of rotatable bonds is 6. The van der Waals surface area contributed by atoms with E-state index in [1.807, 2.05) is 36.4 Å². The van der Waals surface area contributed by atoms with Crippen LogP contribution in [-0.4, -0.2) is 65.0 Å². The maximum absolute atomic E-state index is 13.4. The second-order valence-electron chi connectivity index (χ2n) is 9.84. The zero-order valence-electron chi connectivity index (χ0n) is 18.8. The van der Waals surface area contributed by atoms with Gasteiger partial charge in [-0.25, -0.2) is 0 Å². The summed E-state index contributed by atoms with van der Waals surface area (Å²) in [6.07, 6.45) is 7.33. The summed E-state index contributed by atoms with van der Waals surface area (Å²) in [5.41, 5.74) is 0.212. The first-order valence-electron chi connectivity index (χ1n) is 11.8. The van der Waals surface area contributed by atoms with Crippen molar-refractivity contribution in [3.63, 3.8) is 0 Å². The predicted octanol–water partition coefficient (Wildman–Crippen LogP) is 3.00. The van der Waals surface area contributed by atoms with Crippen LogP contribution in [0.3, 0.4) is 0 Å². The van der Waals surface area contributed by atoms with Gasteiger partial charge in [-0.1, -0.05) is 48.4 Å². The van der Waals surface area contributed by atoms with Crippen molar-refractivity contribution < 1.29 is 14.3 Å². The molecule has 1 aromatic carbocycles. The van der Waals surface area contributed by atoms with Crippen molar-refractivity contribution in [3.8, 4) is 0 Å². The maximum atomic E-state index is 13.4. The summed E-state index contributed by atoms with van der Waals surface area (Å²) in [6, 6.07) is 8.65. The molecule has 1 N–H and O–H groups in total. The third-order valence-corrected chi connectivity index (χ3v) is 8.21. The van der Waals surface area contributed by atoms with E-state index in [1.165, 1.54) is 19.3 Å². The molecule has 32 heavy (non-hydrogen) atoms. The van der Waals surface area contributed by atoms with E-state index in [1.54, 1.807) is 4.90 Å². The first-order valence-corrected chi connectivity index (χ1v) is 12.2. The fraction of sp³-hybridized carbons (Fsp3) is 0.600. The minimum absolute atomic E-state index is 0.0183. The number of carbonyl (C=O) groups excluding carboxylic acids is 2. The molecule has 3 fully saturated rings. The topological polar surface area (TPSA) is 61.9 Å². The fourth-order valence-electron chi connectivity index (χ4n) is 6.19. The third-order valence-electron chi connectivity index (χ3n) is 7.85. The third kappa shape index (κ3) is 3.66. The van der Waals surface area contributed by atoms with Crippen LogP contribution in [0, 0.1) is 11.8 Å². The van der Waals surface area contributed by atoms with Gasteiger partial charge in [0.2, 0.25) is 11.8 Å². The van der Waals surface area contributed by atoms with E-state index in [4.69, 9.17) is 16.3 Å². The highest BCUT2D eigenvalue weighted by Gasteiger charge is 2.66. The molecule has 1 spiro atoms. The van der Waals surface area contributed by atoms with Crippen LogP contribution in [0.5, 0.6) is 0 Å². The summed E-state index contributed by atoms with van der Waals surface area (Å²) in [5.74, 6) is -1.03. The lowest BCUT2D eigenvalue weighted by atomic mass is 9.77. The van der Waals surface area contributed by atoms with Crippen LogP contribution in [0.25, 0.3) is 0 Å². The van der Waals surface area contributed by atoms with Gasteiger partial charge in [0.25, 0.3) is 0 Å². The predicted molar refractivity (Wildman–Crippen MR) is 123 cm³/mol. The van der Waals surface area contributed by atoms with Crippen molar-refractivity contribution in [1.82, 2.24) is 15.1 Å². The van der Waals surface area contributed by atoms with Crippen molar-refractivity contribution in [2.24, 2.45) is 11.8 Å². The Morgan fingerprint density at radius 1 is 1.25 bits per heavy atom. The Hall–Kier alpha value is -1.89. The van der Waals surface area contributed by atoms with Gasteiger partial charge in [-0.15, -0.1) is 0 Å². The molecule has 0 unspecified atom stereocenters. The van der Waals surface area contributed by atoms with Gasteiger partial charge in [0.05, 0.1) is 24.5 Å². The molecule has 6 nitrogen and oxygen atoms in total. The summed E-state index contributed by atoms with van der Waals surface area (Å²) in [4.78, 5) is 30.9. The summed E-state index contributed by atoms with van der Waals surface area (Å²) < 4.78 is 6.24. The van der Waals surface area contributed by atoms with Gasteiger partial charge in [-0.3, -0.25) is 14.5 Å². The highest BCUT2D eigenvalue weighted by atomic mass is 35.5. The molecule has 3 saturated heterocycles. The molecule has 4 aliphatic heterocycles. The average Bonchev–Trinajstić information content (AvgIpc) is 3.40. The summed E-state index contributed by atoms with van der Waals surface area (Å²) in [6.45, 7) is 6.85. The van der Waals surface area contributed by atoms with E-state index in [0.717, 1.165) is 12.1 Å². The monoisotopic (exact) mass is 457 g/mol. The largest absolute Gasteiger partial charge is 0.360 e. The molecule has 4 heterocycles. The van der Waals surface area contributed by atoms with Crippen LogP contribution >= 0.6 is 11.6 Å². The number of amides is 2. The van der Waals surface area contributed by atoms with E-state index in [-0.39, 0.29) is 17.9 Å². The Labute approximate surface area is 194 Å². The number of halogens is 1. The van der Waals surface area contributed by atoms with Crippen LogP contribution in [0.2, 0.25) is 5.02 Å². The molecular formula is C25H32ClN3O3. The van der Waals surface area contributed by atoms with Gasteiger partial charge in [-0.2, -0.15) is 0 Å². The van der Waals surface area contributed by atoms with E-state index in [2.05, 4.69) is 24.1 Å². The molecule has 2 bridgehead atoms. The van der Waals surface area contributed by atoms with Gasteiger partial charge in [0.1, 0.15) is 5.60 Å². The first kappa shape index (κ1) is 21.9. The molecule has 0 aromatic heterocycles. The normalized spacial score (nSPS) is 36.0. The minimum Gasteiger partial charge on any atom is -0.360 e. The highest BCUT2D eigenvalue weighted by molar-refractivity contribution is 6.31. The zero-order chi connectivity index (χ0) is 22.5. The standard InChI is InChI=1S/C25H32ClN3O3/c1-16-6-5-7-17(2)29(16)13-12-27-23(30)21-20-10-11-25(32-20)15-28(24(31)22(21)25)14-18-8-3-4-9-19(18)26/h3-4,8-11,16-17,20-22H,5-7,12-15H2,1-2H3,(H,27,30)/t16-,17-,20+,21-,22+,25+/m1/s1. The molecule has 172 valence electrons. The number of carbonyl (C=O) groups is 2. The first-order chi connectivity index (χ1) is 15.4. The molecule has 2 amide bonds. The van der Waals surface area contributed by atoms with Crippen molar-refractivity contribution in [1.29, 1.82) is 0 Å². The molecule has 7 heteroatoms. The zero-order valence-corrected chi connectivity index (χ0v) is 19.6. The smallest absolute Gasteiger partial charge is 0.230 e. The number of nitrogens with zero attached hydrogens (tertiary/aromatic N) is 2. The van der Waals surface area contributed by atoms with E-state index in [0.29, 0.717) is 36.7 Å². The second kappa shape index (κ2) is 8.47. The molecule has 0 aliphatic carbocycles. The lowest BCUT2D eigenvalue weighted by molar-refractivity contribution is -0.137. The number of piperidine rings is 1. The molecule has 0 saturated carbocycles. The molecule has 0 radical (unpaired) electrons. The van der Waals surface area contributed by atoms with Crippen molar-refractivity contribution in [2.75, 3.05) is 19.6 Å². The number of benzene rings is 1. The van der Waals surface area contributed by atoms with Crippen LogP contribution in [0.15, 0.2) is 36.4 Å². The van der Waals surface area contributed by atoms with Gasteiger partial charge < -0.3 is 15.0 Å². The van der Waals surface area contributed by atoms with E-state index >= 15 is 0 Å². The molecule has 4 aliphatic rings. The van der Waals surface area contributed by atoms with Gasteiger partial charge in [-0.05, 0) is 38.3 Å². The fourth-order valence-corrected chi connectivity index (χ4v) is 6.38. The Bertz CT molecular complexity index is 927. The van der Waals surface area contributed by atoms with E-state index < -0.39 is 17.4 Å². The SMILES string of the molecule is C[C@@H]1CCC[C@@H](C)N1CCNC(=O)[C@@H]1[C@@H]2C=C[C@@]3(CN(Cc4ccccc4Cl)C(=O)[C@H]13)O2. The number of hydrogen-bond donors (Lipinski definition) is 1. The lowest BCUT2D eigenvalue weighted by Crippen LogP contribution is -2.49. The van der Waals surface area contributed by atoms with Crippen molar-refractivity contribution in [3.05, 3.63) is 47.0 Å². The minimum atomic E-state index is -0.694. The number of ether oxygens (including phenoxy) is 1. The van der Waals surface area contributed by atoms with Crippen LogP contribution in [0.1, 0.15) is 38.7 Å². The Kier molecular flexibility index (Phi) is 5.81. The van der Waals surface area contributed by atoms with Gasteiger partial charge >= 0.3 is 0 Å². The maximum Gasteiger partial charge on any atom is 0.230 e. The second-order valence-corrected chi connectivity index (χ2v) is 10.3. The van der Waals surface area contributed by atoms with Crippen LogP contribution < -0.4 is 5.32 Å². The number of nitrogens with one attached hydrogen (secondary N) is 1. The van der Waals surface area contributed by atoms with Crippen LogP contribution in [0.4, 0.5) is 0 Å². The van der Waals surface area contributed by atoms with Gasteiger partial charge in [0, 0.05) is 36.7 Å². The molecular weight excluding hydrogens is 426 g/mol.